The van der Waals surface area contributed by atoms with Gasteiger partial charge in [0.25, 0.3) is 0 Å². The van der Waals surface area contributed by atoms with Crippen LogP contribution in [0.1, 0.15) is 129 Å². The van der Waals surface area contributed by atoms with E-state index >= 15 is 4.39 Å². The number of Topliss-reactive ketones (excluding diaryl/α,β-unsaturated/α-hetero) is 1. The highest BCUT2D eigenvalue weighted by Gasteiger charge is 2.71. The number of carbonyl (C=O) groups is 1. The van der Waals surface area contributed by atoms with Gasteiger partial charge < -0.3 is 0 Å². The van der Waals surface area contributed by atoms with Gasteiger partial charge in [0.1, 0.15) is 6.17 Å². The fourth-order valence-corrected chi connectivity index (χ4v) is 8.17. The smallest absolute Gasteiger partial charge is 0.151 e. The number of ketones is 1. The van der Waals surface area contributed by atoms with Gasteiger partial charge in [0.05, 0.1) is 10.8 Å². The number of halogens is 1. The number of rotatable bonds is 7. The van der Waals surface area contributed by atoms with Crippen LogP contribution < -0.4 is 0 Å². The topological polar surface area (TPSA) is 17.1 Å². The third kappa shape index (κ3) is 4.03. The Morgan fingerprint density at radius 2 is 1.30 bits per heavy atom. The first-order valence-corrected chi connectivity index (χ1v) is 13.7. The minimum absolute atomic E-state index is 0.361. The summed E-state index contributed by atoms with van der Waals surface area (Å²) in [6.07, 6.45) is 20.5. The zero-order chi connectivity index (χ0) is 21.2. The van der Waals surface area contributed by atoms with Crippen molar-refractivity contribution in [3.05, 3.63) is 0 Å². The fraction of sp³-hybridized carbons (Fsp3) is 0.964. The largest absolute Gasteiger partial charge is 0.298 e. The van der Waals surface area contributed by atoms with Crippen molar-refractivity contribution in [1.82, 2.24) is 0 Å². The molecule has 0 heterocycles. The molecule has 4 saturated carbocycles. The van der Waals surface area contributed by atoms with Crippen molar-refractivity contribution in [2.45, 2.75) is 136 Å². The van der Waals surface area contributed by atoms with Crippen molar-refractivity contribution in [2.75, 3.05) is 0 Å². The zero-order valence-electron chi connectivity index (χ0n) is 19.9. The molecule has 4 fully saturated rings. The first kappa shape index (κ1) is 22.8. The maximum atomic E-state index is 15.8. The predicted octanol–water partition coefficient (Wildman–Crippen LogP) is 8.45. The van der Waals surface area contributed by atoms with Crippen molar-refractivity contribution >= 4 is 5.78 Å². The maximum Gasteiger partial charge on any atom is 0.151 e. The van der Waals surface area contributed by atoms with Crippen molar-refractivity contribution < 1.29 is 9.18 Å². The highest BCUT2D eigenvalue weighted by molar-refractivity contribution is 5.98. The lowest BCUT2D eigenvalue weighted by Crippen LogP contribution is -2.69. The van der Waals surface area contributed by atoms with Crippen LogP contribution in [0.4, 0.5) is 4.39 Å². The van der Waals surface area contributed by atoms with Crippen LogP contribution in [0.3, 0.4) is 0 Å². The summed E-state index contributed by atoms with van der Waals surface area (Å²) in [5, 5.41) is 0. The molecule has 0 unspecified atom stereocenters. The molecule has 0 radical (unpaired) electrons. The molecule has 0 aliphatic heterocycles. The normalized spacial score (nSPS) is 44.4. The van der Waals surface area contributed by atoms with Gasteiger partial charge in [-0.15, -0.1) is 0 Å². The molecule has 0 aromatic carbocycles. The van der Waals surface area contributed by atoms with E-state index in [4.69, 9.17) is 0 Å². The molecule has 0 saturated heterocycles. The minimum atomic E-state index is -0.838. The van der Waals surface area contributed by atoms with Gasteiger partial charge in [-0.1, -0.05) is 65.2 Å². The van der Waals surface area contributed by atoms with E-state index in [2.05, 4.69) is 13.8 Å². The molecule has 2 spiro atoms. The molecule has 2 heteroatoms. The summed E-state index contributed by atoms with van der Waals surface area (Å²) in [5.41, 5.74) is -1.13. The first-order chi connectivity index (χ1) is 14.6. The van der Waals surface area contributed by atoms with Gasteiger partial charge in [-0.25, -0.2) is 4.39 Å². The fourth-order valence-electron chi connectivity index (χ4n) is 8.17. The summed E-state index contributed by atoms with van der Waals surface area (Å²) >= 11 is 0. The van der Waals surface area contributed by atoms with Gasteiger partial charge in [0.15, 0.2) is 5.78 Å². The SMILES string of the molecule is CCCCCCC1CC[C@]2(CC1)C(=O)[C@@]1(CCC(C3CCC(CC)CC3)CC1)[C@@H]2F. The Morgan fingerprint density at radius 1 is 0.733 bits per heavy atom. The molecule has 4 rings (SSSR count). The van der Waals surface area contributed by atoms with E-state index in [1.54, 1.807) is 0 Å². The summed E-state index contributed by atoms with van der Waals surface area (Å²) in [5.74, 6) is 3.68. The second kappa shape index (κ2) is 9.62. The van der Waals surface area contributed by atoms with Crippen LogP contribution in [0.5, 0.6) is 0 Å². The highest BCUT2D eigenvalue weighted by Crippen LogP contribution is 2.66. The van der Waals surface area contributed by atoms with Gasteiger partial charge in [-0.3, -0.25) is 4.79 Å². The number of hydrogen-bond acceptors (Lipinski definition) is 1. The first-order valence-electron chi connectivity index (χ1n) is 13.7. The van der Waals surface area contributed by atoms with E-state index in [1.165, 1.54) is 64.2 Å². The number of alkyl halides is 1. The van der Waals surface area contributed by atoms with E-state index in [-0.39, 0.29) is 0 Å². The Bertz CT molecular complexity index is 559. The third-order valence-corrected chi connectivity index (χ3v) is 10.4. The number of unbranched alkanes of at least 4 members (excludes halogenated alkanes) is 3. The van der Waals surface area contributed by atoms with Crippen molar-refractivity contribution in [3.63, 3.8) is 0 Å². The lowest BCUT2D eigenvalue weighted by atomic mass is 9.41. The van der Waals surface area contributed by atoms with Crippen molar-refractivity contribution in [3.8, 4) is 0 Å². The molecular formula is C28H47FO. The molecule has 30 heavy (non-hydrogen) atoms. The van der Waals surface area contributed by atoms with Gasteiger partial charge >= 0.3 is 0 Å². The molecule has 0 aromatic heterocycles. The Morgan fingerprint density at radius 3 is 1.83 bits per heavy atom. The second-order valence-corrected chi connectivity index (χ2v) is 11.8. The van der Waals surface area contributed by atoms with Crippen molar-refractivity contribution in [1.29, 1.82) is 0 Å². The molecular weight excluding hydrogens is 371 g/mol. The summed E-state index contributed by atoms with van der Waals surface area (Å²) in [4.78, 5) is 13.5. The molecule has 1 nitrogen and oxygen atoms in total. The van der Waals surface area contributed by atoms with Crippen molar-refractivity contribution in [2.24, 2.45) is 34.5 Å². The maximum absolute atomic E-state index is 15.8. The van der Waals surface area contributed by atoms with E-state index < -0.39 is 17.0 Å². The molecule has 4 aliphatic carbocycles. The van der Waals surface area contributed by atoms with Gasteiger partial charge in [-0.2, -0.15) is 0 Å². The summed E-state index contributed by atoms with van der Waals surface area (Å²) in [6, 6.07) is 0. The Kier molecular flexibility index (Phi) is 7.30. The van der Waals surface area contributed by atoms with Gasteiger partial charge in [-0.05, 0) is 87.9 Å². The highest BCUT2D eigenvalue weighted by atomic mass is 19.1. The van der Waals surface area contributed by atoms with Crippen LogP contribution in [0.15, 0.2) is 0 Å². The predicted molar refractivity (Wildman–Crippen MR) is 123 cm³/mol. The van der Waals surface area contributed by atoms with Crippen LogP contribution in [0.2, 0.25) is 0 Å². The zero-order valence-corrected chi connectivity index (χ0v) is 19.9. The van der Waals surface area contributed by atoms with E-state index in [0.29, 0.717) is 5.78 Å². The molecule has 172 valence electrons. The Labute approximate surface area is 185 Å². The van der Waals surface area contributed by atoms with Crippen LogP contribution in [0, 0.1) is 34.5 Å². The third-order valence-electron chi connectivity index (χ3n) is 10.4. The Hall–Kier alpha value is -0.400. The molecule has 1 atom stereocenters. The molecule has 0 N–H and O–H groups in total. The molecule has 0 amide bonds. The number of carbonyl (C=O) groups excluding carboxylic acids is 1. The number of hydrogen-bond donors (Lipinski definition) is 0. The minimum Gasteiger partial charge on any atom is -0.298 e. The molecule has 0 bridgehead atoms. The lowest BCUT2D eigenvalue weighted by molar-refractivity contribution is -0.194. The second-order valence-electron chi connectivity index (χ2n) is 11.8. The monoisotopic (exact) mass is 418 g/mol. The summed E-state index contributed by atoms with van der Waals surface area (Å²) < 4.78 is 15.8. The average molecular weight is 419 g/mol. The summed E-state index contributed by atoms with van der Waals surface area (Å²) in [6.45, 7) is 4.59. The van der Waals surface area contributed by atoms with Gasteiger partial charge in [0, 0.05) is 0 Å². The molecule has 0 aromatic rings. The summed E-state index contributed by atoms with van der Waals surface area (Å²) in [7, 11) is 0. The van der Waals surface area contributed by atoms with Crippen LogP contribution in [-0.2, 0) is 4.79 Å². The quantitative estimate of drug-likeness (QED) is 0.379. The van der Waals surface area contributed by atoms with Crippen LogP contribution in [-0.4, -0.2) is 12.0 Å². The average Bonchev–Trinajstić information content (AvgIpc) is 2.82. The van der Waals surface area contributed by atoms with E-state index in [9.17, 15) is 4.79 Å². The lowest BCUT2D eigenvalue weighted by Gasteiger charge is -2.61. The van der Waals surface area contributed by atoms with Crippen LogP contribution in [0.25, 0.3) is 0 Å². The molecule has 4 aliphatic rings. The van der Waals surface area contributed by atoms with Gasteiger partial charge in [0.2, 0.25) is 0 Å². The van der Waals surface area contributed by atoms with Crippen LogP contribution >= 0.6 is 0 Å². The van der Waals surface area contributed by atoms with E-state index in [0.717, 1.165) is 75.0 Å². The Balaban J connectivity index is 1.25. The standard InChI is InChI=1S/C28H47FO/c1-3-5-6-7-8-22-13-17-27(18-14-22)25(29)28(26(27)30)19-15-24(16-20-28)23-11-9-21(4-2)10-12-23/h21-25H,3-20H2,1-2H3/t21?,22?,23?,24?,25-,27-,28-/m1/s1. The van der Waals surface area contributed by atoms with E-state index in [1.807, 2.05) is 0 Å².